The highest BCUT2D eigenvalue weighted by molar-refractivity contribution is 5.95. The molecule has 2 heterocycles. The molecule has 0 radical (unpaired) electrons. The van der Waals surface area contributed by atoms with E-state index in [9.17, 15) is 9.59 Å². The van der Waals surface area contributed by atoms with Crippen molar-refractivity contribution in [3.05, 3.63) is 36.2 Å². The first kappa shape index (κ1) is 16.9. The quantitative estimate of drug-likeness (QED) is 0.841. The Hall–Kier alpha value is -2.90. The number of amides is 3. The second-order valence-electron chi connectivity index (χ2n) is 5.95. The number of anilines is 2. The lowest BCUT2D eigenvalue weighted by atomic mass is 10.2. The SMILES string of the molecule is CCCn1cnc(NC(=O)NCc2ccc(N3CCCC3=O)cc2)n1. The molecule has 0 spiro atoms. The van der Waals surface area contributed by atoms with Gasteiger partial charge in [0.15, 0.2) is 0 Å². The number of benzene rings is 1. The van der Waals surface area contributed by atoms with E-state index in [-0.39, 0.29) is 17.9 Å². The van der Waals surface area contributed by atoms with Gasteiger partial charge in [0.1, 0.15) is 6.33 Å². The zero-order valence-electron chi connectivity index (χ0n) is 14.2. The Bertz CT molecular complexity index is 740. The molecule has 1 aromatic heterocycles. The van der Waals surface area contributed by atoms with Gasteiger partial charge in [-0.25, -0.2) is 9.78 Å². The smallest absolute Gasteiger partial charge is 0.321 e. The molecule has 8 nitrogen and oxygen atoms in total. The van der Waals surface area contributed by atoms with Crippen LogP contribution in [0.4, 0.5) is 16.4 Å². The molecule has 2 aromatic rings. The number of nitrogens with zero attached hydrogens (tertiary/aromatic N) is 4. The fourth-order valence-corrected chi connectivity index (χ4v) is 2.73. The summed E-state index contributed by atoms with van der Waals surface area (Å²) in [5, 5.41) is 9.53. The Morgan fingerprint density at radius 2 is 2.08 bits per heavy atom. The third-order valence-electron chi connectivity index (χ3n) is 3.99. The van der Waals surface area contributed by atoms with Crippen molar-refractivity contribution < 1.29 is 9.59 Å². The van der Waals surface area contributed by atoms with Gasteiger partial charge in [-0.3, -0.25) is 14.8 Å². The first-order chi connectivity index (χ1) is 12.2. The molecular formula is C17H22N6O2. The van der Waals surface area contributed by atoms with Crippen molar-refractivity contribution in [2.24, 2.45) is 0 Å². The third kappa shape index (κ3) is 4.34. The number of aromatic nitrogens is 3. The van der Waals surface area contributed by atoms with E-state index in [2.05, 4.69) is 20.7 Å². The van der Waals surface area contributed by atoms with E-state index < -0.39 is 0 Å². The van der Waals surface area contributed by atoms with Crippen LogP contribution in [-0.4, -0.2) is 33.2 Å². The summed E-state index contributed by atoms with van der Waals surface area (Å²) in [6.07, 6.45) is 4.07. The summed E-state index contributed by atoms with van der Waals surface area (Å²) in [6, 6.07) is 7.29. The molecule has 0 atom stereocenters. The number of nitrogens with one attached hydrogen (secondary N) is 2. The summed E-state index contributed by atoms with van der Waals surface area (Å²) in [5.41, 5.74) is 1.86. The fraction of sp³-hybridized carbons (Fsp3) is 0.412. The van der Waals surface area contributed by atoms with Crippen molar-refractivity contribution in [1.29, 1.82) is 0 Å². The van der Waals surface area contributed by atoms with Crippen molar-refractivity contribution in [2.75, 3.05) is 16.8 Å². The Morgan fingerprint density at radius 3 is 2.76 bits per heavy atom. The van der Waals surface area contributed by atoms with Crippen LogP contribution in [0.15, 0.2) is 30.6 Å². The number of rotatable bonds is 6. The highest BCUT2D eigenvalue weighted by atomic mass is 16.2. The van der Waals surface area contributed by atoms with Gasteiger partial charge in [-0.2, -0.15) is 0 Å². The van der Waals surface area contributed by atoms with Gasteiger partial charge in [0.05, 0.1) is 0 Å². The molecule has 2 N–H and O–H groups in total. The first-order valence-corrected chi connectivity index (χ1v) is 8.49. The van der Waals surface area contributed by atoms with E-state index in [1.807, 2.05) is 31.2 Å². The maximum absolute atomic E-state index is 11.9. The van der Waals surface area contributed by atoms with Crippen LogP contribution in [0.25, 0.3) is 0 Å². The zero-order valence-corrected chi connectivity index (χ0v) is 14.2. The molecule has 1 saturated heterocycles. The van der Waals surface area contributed by atoms with Gasteiger partial charge in [0, 0.05) is 31.7 Å². The lowest BCUT2D eigenvalue weighted by Gasteiger charge is -2.16. The van der Waals surface area contributed by atoms with E-state index >= 15 is 0 Å². The molecule has 0 bridgehead atoms. The molecule has 0 saturated carbocycles. The monoisotopic (exact) mass is 342 g/mol. The summed E-state index contributed by atoms with van der Waals surface area (Å²) in [5.74, 6) is 0.453. The maximum atomic E-state index is 11.9. The number of aryl methyl sites for hydroxylation is 1. The molecule has 25 heavy (non-hydrogen) atoms. The fourth-order valence-electron chi connectivity index (χ4n) is 2.73. The number of carbonyl (C=O) groups excluding carboxylic acids is 2. The number of hydrogen-bond acceptors (Lipinski definition) is 4. The minimum absolute atomic E-state index is 0.167. The standard InChI is InChI=1S/C17H22N6O2/c1-2-9-22-12-19-16(21-22)20-17(25)18-11-13-5-7-14(8-6-13)23-10-3-4-15(23)24/h5-8,12H,2-4,9-11H2,1H3,(H2,18,20,21,25). The van der Waals surface area contributed by atoms with Crippen LogP contribution >= 0.6 is 0 Å². The molecular weight excluding hydrogens is 320 g/mol. The highest BCUT2D eigenvalue weighted by Crippen LogP contribution is 2.21. The second kappa shape index (κ2) is 7.78. The molecule has 8 heteroatoms. The van der Waals surface area contributed by atoms with Crippen LogP contribution in [0.5, 0.6) is 0 Å². The van der Waals surface area contributed by atoms with Gasteiger partial charge in [-0.1, -0.05) is 19.1 Å². The molecule has 3 amide bonds. The summed E-state index contributed by atoms with van der Waals surface area (Å²) in [6.45, 7) is 3.97. The van der Waals surface area contributed by atoms with Crippen molar-refractivity contribution >= 4 is 23.6 Å². The minimum Gasteiger partial charge on any atom is -0.334 e. The average molecular weight is 342 g/mol. The van der Waals surface area contributed by atoms with E-state index in [0.717, 1.165) is 37.2 Å². The molecule has 1 aliphatic rings. The van der Waals surface area contributed by atoms with Crippen LogP contribution in [0.3, 0.4) is 0 Å². The van der Waals surface area contributed by atoms with Crippen molar-refractivity contribution in [3.63, 3.8) is 0 Å². The summed E-state index contributed by atoms with van der Waals surface area (Å²) < 4.78 is 1.69. The molecule has 3 rings (SSSR count). The summed E-state index contributed by atoms with van der Waals surface area (Å²) in [7, 11) is 0. The lowest BCUT2D eigenvalue weighted by Crippen LogP contribution is -2.28. The third-order valence-corrected chi connectivity index (χ3v) is 3.99. The molecule has 0 aliphatic carbocycles. The summed E-state index contributed by atoms with van der Waals surface area (Å²) in [4.78, 5) is 29.5. The van der Waals surface area contributed by atoms with Gasteiger partial charge in [0.25, 0.3) is 0 Å². The van der Waals surface area contributed by atoms with Crippen molar-refractivity contribution in [2.45, 2.75) is 39.3 Å². The predicted molar refractivity (Wildman–Crippen MR) is 94.2 cm³/mol. The Balaban J connectivity index is 1.49. The Labute approximate surface area is 146 Å². The highest BCUT2D eigenvalue weighted by Gasteiger charge is 2.21. The topological polar surface area (TPSA) is 92.2 Å². The van der Waals surface area contributed by atoms with E-state index in [0.29, 0.717) is 13.0 Å². The second-order valence-corrected chi connectivity index (χ2v) is 5.95. The molecule has 132 valence electrons. The number of carbonyl (C=O) groups is 2. The molecule has 1 aliphatic heterocycles. The molecule has 1 fully saturated rings. The van der Waals surface area contributed by atoms with Crippen molar-refractivity contribution in [1.82, 2.24) is 20.1 Å². The van der Waals surface area contributed by atoms with Gasteiger partial charge in [0.2, 0.25) is 11.9 Å². The minimum atomic E-state index is -0.354. The van der Waals surface area contributed by atoms with Gasteiger partial charge in [-0.05, 0) is 30.5 Å². The largest absolute Gasteiger partial charge is 0.334 e. The first-order valence-electron chi connectivity index (χ1n) is 8.49. The average Bonchev–Trinajstić information content (AvgIpc) is 3.23. The maximum Gasteiger partial charge on any atom is 0.321 e. The normalized spacial score (nSPS) is 14.0. The van der Waals surface area contributed by atoms with E-state index in [4.69, 9.17) is 0 Å². The molecule has 1 aromatic carbocycles. The molecule has 0 unspecified atom stereocenters. The van der Waals surface area contributed by atoms with Crippen LogP contribution in [0.2, 0.25) is 0 Å². The van der Waals surface area contributed by atoms with E-state index in [1.165, 1.54) is 0 Å². The van der Waals surface area contributed by atoms with Crippen LogP contribution < -0.4 is 15.5 Å². The zero-order chi connectivity index (χ0) is 17.6. The van der Waals surface area contributed by atoms with Crippen molar-refractivity contribution in [3.8, 4) is 0 Å². The van der Waals surface area contributed by atoms with Gasteiger partial charge < -0.3 is 10.2 Å². The predicted octanol–water partition coefficient (Wildman–Crippen LogP) is 2.14. The number of urea groups is 1. The van der Waals surface area contributed by atoms with Crippen LogP contribution in [-0.2, 0) is 17.9 Å². The van der Waals surface area contributed by atoms with Gasteiger partial charge >= 0.3 is 6.03 Å². The van der Waals surface area contributed by atoms with Crippen LogP contribution in [0, 0.1) is 0 Å². The van der Waals surface area contributed by atoms with Gasteiger partial charge in [-0.15, -0.1) is 5.10 Å². The lowest BCUT2D eigenvalue weighted by molar-refractivity contribution is -0.117. The van der Waals surface area contributed by atoms with Crippen LogP contribution in [0.1, 0.15) is 31.7 Å². The summed E-state index contributed by atoms with van der Waals surface area (Å²) >= 11 is 0. The Morgan fingerprint density at radius 1 is 1.28 bits per heavy atom. The Kier molecular flexibility index (Phi) is 5.27. The van der Waals surface area contributed by atoms with E-state index in [1.54, 1.807) is 15.9 Å². The number of hydrogen-bond donors (Lipinski definition) is 2.